The van der Waals surface area contributed by atoms with Gasteiger partial charge in [-0.15, -0.1) is 11.3 Å². The smallest absolute Gasteiger partial charge is 0.264 e. The minimum absolute atomic E-state index is 0.00323. The van der Waals surface area contributed by atoms with Crippen molar-refractivity contribution in [2.75, 3.05) is 26.2 Å². The Kier molecular flexibility index (Phi) is 5.13. The summed E-state index contributed by atoms with van der Waals surface area (Å²) in [5.74, 6) is 0.0550. The summed E-state index contributed by atoms with van der Waals surface area (Å²) in [6.45, 7) is 6.36. The summed E-state index contributed by atoms with van der Waals surface area (Å²) >= 11 is 1.46. The van der Waals surface area contributed by atoms with Crippen LogP contribution in [0.15, 0.2) is 77.5 Å². The topological polar surface area (TPSA) is 55.9 Å². The molecule has 0 spiro atoms. The molecule has 1 fully saturated rings. The highest BCUT2D eigenvalue weighted by atomic mass is 32.1. The average Bonchev–Trinajstić information content (AvgIpc) is 3.44. The molecule has 0 saturated carbocycles. The number of amides is 2. The predicted octanol–water partition coefficient (Wildman–Crippen LogP) is 3.50. The van der Waals surface area contributed by atoms with Crippen LogP contribution in [-0.4, -0.2) is 58.4 Å². The monoisotopic (exact) mass is 446 g/mol. The van der Waals surface area contributed by atoms with Crippen LogP contribution in [-0.2, 0) is 4.79 Å². The van der Waals surface area contributed by atoms with E-state index in [9.17, 15) is 9.59 Å². The van der Waals surface area contributed by atoms with E-state index in [1.165, 1.54) is 11.3 Å². The molecule has 3 aliphatic rings. The second kappa shape index (κ2) is 7.98. The van der Waals surface area contributed by atoms with E-state index >= 15 is 0 Å². The van der Waals surface area contributed by atoms with Crippen LogP contribution in [0.5, 0.6) is 0 Å². The molecule has 2 amide bonds. The summed E-state index contributed by atoms with van der Waals surface area (Å²) in [6, 6.07) is 14.0. The van der Waals surface area contributed by atoms with Gasteiger partial charge in [0.2, 0.25) is 0 Å². The molecule has 1 N–H and O–H groups in total. The summed E-state index contributed by atoms with van der Waals surface area (Å²) < 4.78 is 0. The highest BCUT2D eigenvalue weighted by molar-refractivity contribution is 7.12. The van der Waals surface area contributed by atoms with Gasteiger partial charge in [-0.05, 0) is 43.0 Å². The van der Waals surface area contributed by atoms with Crippen molar-refractivity contribution in [2.45, 2.75) is 19.5 Å². The number of carbonyl (C=O) groups excluding carboxylic acids is 2. The lowest BCUT2D eigenvalue weighted by atomic mass is 10.0. The normalized spacial score (nSPS) is 22.6. The molecular formula is C25H26N4O2S. The number of allylic oxidation sites excluding steroid dienone is 1. The number of rotatable bonds is 3. The fraction of sp³-hybridized carbons (Fsp3) is 0.280. The van der Waals surface area contributed by atoms with Crippen molar-refractivity contribution in [3.63, 3.8) is 0 Å². The Balaban J connectivity index is 1.32. The van der Waals surface area contributed by atoms with Gasteiger partial charge in [0.05, 0.1) is 16.1 Å². The fourth-order valence-electron chi connectivity index (χ4n) is 4.60. The van der Waals surface area contributed by atoms with Gasteiger partial charge in [-0.1, -0.05) is 36.4 Å². The molecule has 7 heteroatoms. The number of hydrogen-bond donors (Lipinski definition) is 1. The van der Waals surface area contributed by atoms with Crippen LogP contribution in [0.4, 0.5) is 0 Å². The maximum absolute atomic E-state index is 13.3. The zero-order valence-corrected chi connectivity index (χ0v) is 19.1. The summed E-state index contributed by atoms with van der Waals surface area (Å²) in [7, 11) is 0. The molecule has 6 nitrogen and oxygen atoms in total. The summed E-state index contributed by atoms with van der Waals surface area (Å²) in [5, 5.41) is 5.47. The van der Waals surface area contributed by atoms with E-state index in [4.69, 9.17) is 0 Å². The second-order valence-electron chi connectivity index (χ2n) is 8.46. The maximum Gasteiger partial charge on any atom is 0.264 e. The van der Waals surface area contributed by atoms with Crippen molar-refractivity contribution in [3.05, 3.63) is 87.9 Å². The lowest BCUT2D eigenvalue weighted by molar-refractivity contribution is -0.128. The highest BCUT2D eigenvalue weighted by Gasteiger charge is 2.40. The number of thiophene rings is 1. The lowest BCUT2D eigenvalue weighted by Crippen LogP contribution is -2.52. The lowest BCUT2D eigenvalue weighted by Gasteiger charge is -2.38. The van der Waals surface area contributed by atoms with Crippen LogP contribution in [0.1, 0.15) is 29.1 Å². The average molecular weight is 447 g/mol. The molecule has 5 rings (SSSR count). The van der Waals surface area contributed by atoms with Crippen molar-refractivity contribution in [2.24, 2.45) is 0 Å². The van der Waals surface area contributed by atoms with Crippen LogP contribution in [0.2, 0.25) is 0 Å². The van der Waals surface area contributed by atoms with E-state index in [0.717, 1.165) is 21.8 Å². The standard InChI is InChI=1S/C25H26N4O2S/c1-18-22(19-7-4-3-5-8-19)29-17-20(10-11-25(29,2)26-18)23(30)27-12-14-28(15-13-27)24(31)21-9-6-16-32-21/h3-11,16-17,26H,12-15H2,1-2H3. The maximum atomic E-state index is 13.3. The fourth-order valence-corrected chi connectivity index (χ4v) is 5.29. The molecule has 3 aliphatic heterocycles. The van der Waals surface area contributed by atoms with E-state index in [0.29, 0.717) is 31.8 Å². The summed E-state index contributed by atoms with van der Waals surface area (Å²) in [4.78, 5) is 32.5. The molecule has 1 unspecified atom stereocenters. The zero-order valence-electron chi connectivity index (χ0n) is 18.2. The highest BCUT2D eigenvalue weighted by Crippen LogP contribution is 2.39. The Morgan fingerprint density at radius 2 is 1.66 bits per heavy atom. The Labute approximate surface area is 192 Å². The third-order valence-corrected chi connectivity index (χ3v) is 7.13. The first-order valence-electron chi connectivity index (χ1n) is 10.8. The van der Waals surface area contributed by atoms with Crippen LogP contribution in [0.25, 0.3) is 5.70 Å². The van der Waals surface area contributed by atoms with Crippen molar-refractivity contribution in [1.29, 1.82) is 0 Å². The van der Waals surface area contributed by atoms with E-state index in [1.54, 1.807) is 0 Å². The molecule has 164 valence electrons. The number of benzene rings is 1. The number of carbonyl (C=O) groups is 2. The number of piperazine rings is 1. The van der Waals surface area contributed by atoms with Gasteiger partial charge in [0.15, 0.2) is 0 Å². The zero-order chi connectivity index (χ0) is 22.3. The first kappa shape index (κ1) is 20.6. The molecule has 1 aromatic carbocycles. The van der Waals surface area contributed by atoms with Crippen LogP contribution < -0.4 is 5.32 Å². The first-order valence-corrected chi connectivity index (χ1v) is 11.7. The molecule has 1 saturated heterocycles. The second-order valence-corrected chi connectivity index (χ2v) is 9.41. The minimum atomic E-state index is -0.398. The largest absolute Gasteiger partial charge is 0.361 e. The van der Waals surface area contributed by atoms with Crippen molar-refractivity contribution in [1.82, 2.24) is 20.0 Å². The van der Waals surface area contributed by atoms with Gasteiger partial charge in [0.25, 0.3) is 11.8 Å². The summed E-state index contributed by atoms with van der Waals surface area (Å²) in [5.41, 5.74) is 3.53. The van der Waals surface area contributed by atoms with E-state index in [1.807, 2.05) is 57.8 Å². The van der Waals surface area contributed by atoms with Crippen LogP contribution >= 0.6 is 11.3 Å². The SMILES string of the molecule is CC1=C(c2ccccc2)N2C=C(C(=O)N3CCN(C(=O)c4cccs4)CC3)C=CC2(C)N1. The Morgan fingerprint density at radius 3 is 2.31 bits per heavy atom. The third-order valence-electron chi connectivity index (χ3n) is 6.27. The van der Waals surface area contributed by atoms with E-state index in [-0.39, 0.29) is 11.8 Å². The summed E-state index contributed by atoms with van der Waals surface area (Å²) in [6.07, 6.45) is 5.92. The molecular weight excluding hydrogens is 420 g/mol. The quantitative estimate of drug-likeness (QED) is 0.784. The third kappa shape index (κ3) is 3.52. The van der Waals surface area contributed by atoms with E-state index in [2.05, 4.69) is 42.3 Å². The molecule has 32 heavy (non-hydrogen) atoms. The predicted molar refractivity (Wildman–Crippen MR) is 126 cm³/mol. The van der Waals surface area contributed by atoms with Gasteiger partial charge in [-0.3, -0.25) is 9.59 Å². The Hall–Kier alpha value is -3.32. The molecule has 0 aliphatic carbocycles. The van der Waals surface area contributed by atoms with Gasteiger partial charge >= 0.3 is 0 Å². The van der Waals surface area contributed by atoms with Crippen LogP contribution in [0.3, 0.4) is 0 Å². The molecule has 0 radical (unpaired) electrons. The van der Waals surface area contributed by atoms with E-state index < -0.39 is 5.66 Å². The number of hydrogen-bond acceptors (Lipinski definition) is 5. The number of fused-ring (bicyclic) bond motifs is 1. The first-order chi connectivity index (χ1) is 15.5. The van der Waals surface area contributed by atoms with Gasteiger partial charge < -0.3 is 20.0 Å². The van der Waals surface area contributed by atoms with Gasteiger partial charge in [-0.2, -0.15) is 0 Å². The van der Waals surface area contributed by atoms with Gasteiger partial charge in [0, 0.05) is 38.1 Å². The van der Waals surface area contributed by atoms with Crippen molar-refractivity contribution >= 4 is 28.8 Å². The van der Waals surface area contributed by atoms with Crippen molar-refractivity contribution < 1.29 is 9.59 Å². The van der Waals surface area contributed by atoms with Crippen molar-refractivity contribution in [3.8, 4) is 0 Å². The molecule has 4 heterocycles. The Bertz CT molecular complexity index is 1130. The molecule has 0 bridgehead atoms. The molecule has 2 aromatic rings. The molecule has 1 aromatic heterocycles. The van der Waals surface area contributed by atoms with Gasteiger partial charge in [0.1, 0.15) is 5.66 Å². The minimum Gasteiger partial charge on any atom is -0.361 e. The van der Waals surface area contributed by atoms with Gasteiger partial charge in [-0.25, -0.2) is 0 Å². The Morgan fingerprint density at radius 1 is 0.969 bits per heavy atom. The number of nitrogens with zero attached hydrogens (tertiary/aromatic N) is 3. The number of nitrogens with one attached hydrogen (secondary N) is 1. The molecule has 1 atom stereocenters. The van der Waals surface area contributed by atoms with Crippen LogP contribution in [0, 0.1) is 0 Å².